The second-order valence-electron chi connectivity index (χ2n) is 3.92. The van der Waals surface area contributed by atoms with Crippen molar-refractivity contribution in [2.75, 3.05) is 0 Å². The number of halogens is 1. The lowest BCUT2D eigenvalue weighted by molar-refractivity contribution is 0.700. The Morgan fingerprint density at radius 2 is 1.95 bits per heavy atom. The van der Waals surface area contributed by atoms with Crippen LogP contribution in [0.15, 0.2) is 48.7 Å². The predicted octanol–water partition coefficient (Wildman–Crippen LogP) is 2.46. The van der Waals surface area contributed by atoms with Crippen LogP contribution >= 0.6 is 11.6 Å². The van der Waals surface area contributed by atoms with E-state index < -0.39 is 0 Å². The van der Waals surface area contributed by atoms with Crippen molar-refractivity contribution in [1.82, 2.24) is 25.2 Å². The molecule has 0 spiro atoms. The number of benzene rings is 1. The van der Waals surface area contributed by atoms with Crippen molar-refractivity contribution in [3.8, 4) is 17.2 Å². The summed E-state index contributed by atoms with van der Waals surface area (Å²) in [6, 6.07) is 13.4. The molecule has 0 N–H and O–H groups in total. The third kappa shape index (κ3) is 2.46. The van der Waals surface area contributed by atoms with Crippen molar-refractivity contribution < 1.29 is 0 Å². The maximum absolute atomic E-state index is 5.79. The molecule has 19 heavy (non-hydrogen) atoms. The van der Waals surface area contributed by atoms with E-state index in [2.05, 4.69) is 20.4 Å². The first-order valence-corrected chi connectivity index (χ1v) is 6.27. The summed E-state index contributed by atoms with van der Waals surface area (Å²) in [5.41, 5.74) is 1.88. The molecule has 3 rings (SSSR count). The molecule has 0 saturated heterocycles. The lowest BCUT2D eigenvalue weighted by Crippen LogP contribution is -2.02. The van der Waals surface area contributed by atoms with Crippen LogP contribution in [0.4, 0.5) is 0 Å². The molecule has 0 aliphatic carbocycles. The van der Waals surface area contributed by atoms with E-state index in [0.717, 1.165) is 11.1 Å². The molecule has 0 bridgehead atoms. The van der Waals surface area contributed by atoms with E-state index >= 15 is 0 Å². The first kappa shape index (κ1) is 11.8. The molecule has 3 aromatic rings. The summed E-state index contributed by atoms with van der Waals surface area (Å²) >= 11 is 5.79. The summed E-state index contributed by atoms with van der Waals surface area (Å²) in [6.07, 6.45) is 1.68. The second-order valence-corrected chi connectivity index (χ2v) is 4.19. The van der Waals surface area contributed by atoms with Crippen molar-refractivity contribution >= 4 is 11.6 Å². The molecule has 1 aromatic carbocycles. The van der Waals surface area contributed by atoms with Gasteiger partial charge in [0.25, 0.3) is 0 Å². The van der Waals surface area contributed by atoms with E-state index in [4.69, 9.17) is 11.6 Å². The first-order chi connectivity index (χ1) is 9.36. The maximum atomic E-state index is 5.79. The van der Waals surface area contributed by atoms with Crippen molar-refractivity contribution in [3.05, 3.63) is 54.2 Å². The van der Waals surface area contributed by atoms with Gasteiger partial charge in [-0.05, 0) is 22.9 Å². The molecule has 5 nitrogen and oxygen atoms in total. The van der Waals surface area contributed by atoms with Gasteiger partial charge in [-0.25, -0.2) is 4.98 Å². The molecule has 0 fully saturated rings. The molecule has 0 aliphatic rings. The van der Waals surface area contributed by atoms with Crippen LogP contribution in [0.2, 0.25) is 0 Å². The molecular formula is C13H10ClN5. The lowest BCUT2D eigenvalue weighted by atomic mass is 10.2. The van der Waals surface area contributed by atoms with E-state index in [0.29, 0.717) is 17.5 Å². The van der Waals surface area contributed by atoms with Crippen molar-refractivity contribution in [3.63, 3.8) is 0 Å². The minimum Gasteiger partial charge on any atom is -0.236 e. The maximum Gasteiger partial charge on any atom is 0.205 e. The van der Waals surface area contributed by atoms with Crippen LogP contribution in [-0.2, 0) is 5.88 Å². The summed E-state index contributed by atoms with van der Waals surface area (Å²) in [4.78, 5) is 5.61. The molecule has 0 amide bonds. The highest BCUT2D eigenvalue weighted by Crippen LogP contribution is 2.13. The van der Waals surface area contributed by atoms with Crippen LogP contribution in [0.25, 0.3) is 17.2 Å². The Hall–Kier alpha value is -2.27. The number of tetrazole rings is 1. The zero-order chi connectivity index (χ0) is 13.1. The number of hydrogen-bond acceptors (Lipinski definition) is 4. The molecule has 0 atom stereocenters. The molecule has 2 heterocycles. The Kier molecular flexibility index (Phi) is 3.20. The van der Waals surface area contributed by atoms with E-state index in [1.165, 1.54) is 4.80 Å². The van der Waals surface area contributed by atoms with Gasteiger partial charge in [-0.2, -0.15) is 0 Å². The SMILES string of the molecule is ClCc1ccnc(-n2nnc(-c3ccccc3)n2)c1. The summed E-state index contributed by atoms with van der Waals surface area (Å²) in [5.74, 6) is 1.60. The quantitative estimate of drug-likeness (QED) is 0.687. The average Bonchev–Trinajstić information content (AvgIpc) is 2.98. The molecule has 0 unspecified atom stereocenters. The highest BCUT2D eigenvalue weighted by Gasteiger charge is 2.07. The first-order valence-electron chi connectivity index (χ1n) is 5.73. The van der Waals surface area contributed by atoms with E-state index in [1.807, 2.05) is 42.5 Å². The van der Waals surface area contributed by atoms with Crippen LogP contribution in [0.1, 0.15) is 5.56 Å². The Bertz CT molecular complexity index is 680. The van der Waals surface area contributed by atoms with Gasteiger partial charge in [-0.15, -0.1) is 26.6 Å². The zero-order valence-corrected chi connectivity index (χ0v) is 10.7. The average molecular weight is 272 g/mol. The fourth-order valence-electron chi connectivity index (χ4n) is 1.67. The smallest absolute Gasteiger partial charge is 0.205 e. The Morgan fingerprint density at radius 1 is 1.11 bits per heavy atom. The van der Waals surface area contributed by atoms with Crippen molar-refractivity contribution in [2.24, 2.45) is 0 Å². The normalized spacial score (nSPS) is 10.6. The van der Waals surface area contributed by atoms with Gasteiger partial charge in [0.05, 0.1) is 0 Å². The summed E-state index contributed by atoms with van der Waals surface area (Å²) in [7, 11) is 0. The van der Waals surface area contributed by atoms with Gasteiger partial charge < -0.3 is 0 Å². The largest absolute Gasteiger partial charge is 0.236 e. The lowest BCUT2D eigenvalue weighted by Gasteiger charge is -1.99. The number of pyridine rings is 1. The molecule has 0 radical (unpaired) electrons. The zero-order valence-electron chi connectivity index (χ0n) is 9.94. The summed E-state index contributed by atoms with van der Waals surface area (Å²) in [5, 5.41) is 12.4. The summed E-state index contributed by atoms with van der Waals surface area (Å²) in [6.45, 7) is 0. The van der Waals surface area contributed by atoms with Crippen LogP contribution in [0, 0.1) is 0 Å². The Labute approximate surface area is 114 Å². The van der Waals surface area contributed by atoms with Crippen LogP contribution in [0.3, 0.4) is 0 Å². The highest BCUT2D eigenvalue weighted by atomic mass is 35.5. The number of alkyl halides is 1. The molecule has 0 aliphatic heterocycles. The minimum atomic E-state index is 0.426. The molecular weight excluding hydrogens is 262 g/mol. The Morgan fingerprint density at radius 3 is 2.74 bits per heavy atom. The molecule has 6 heteroatoms. The predicted molar refractivity (Wildman–Crippen MR) is 71.9 cm³/mol. The molecule has 0 saturated carbocycles. The monoisotopic (exact) mass is 271 g/mol. The van der Waals surface area contributed by atoms with E-state index in [1.54, 1.807) is 6.20 Å². The van der Waals surface area contributed by atoms with Gasteiger partial charge in [-0.3, -0.25) is 0 Å². The number of nitrogens with zero attached hydrogens (tertiary/aromatic N) is 5. The topological polar surface area (TPSA) is 56.5 Å². The van der Waals surface area contributed by atoms with Crippen LogP contribution in [0.5, 0.6) is 0 Å². The van der Waals surface area contributed by atoms with Gasteiger partial charge in [0.15, 0.2) is 5.82 Å². The third-order valence-corrected chi connectivity index (χ3v) is 2.92. The number of aromatic nitrogens is 5. The van der Waals surface area contributed by atoms with Gasteiger partial charge in [-0.1, -0.05) is 30.3 Å². The van der Waals surface area contributed by atoms with Gasteiger partial charge in [0, 0.05) is 17.6 Å². The standard InChI is InChI=1S/C13H10ClN5/c14-9-10-6-7-15-12(8-10)19-17-13(16-18-19)11-4-2-1-3-5-11/h1-8H,9H2. The number of hydrogen-bond donors (Lipinski definition) is 0. The third-order valence-electron chi connectivity index (χ3n) is 2.61. The second kappa shape index (κ2) is 5.16. The van der Waals surface area contributed by atoms with E-state index in [-0.39, 0.29) is 0 Å². The fraction of sp³-hybridized carbons (Fsp3) is 0.0769. The van der Waals surface area contributed by atoms with Crippen LogP contribution < -0.4 is 0 Å². The van der Waals surface area contributed by atoms with Gasteiger partial charge in [0.2, 0.25) is 5.82 Å². The molecule has 2 aromatic heterocycles. The fourth-order valence-corrected chi connectivity index (χ4v) is 1.83. The Balaban J connectivity index is 1.97. The highest BCUT2D eigenvalue weighted by molar-refractivity contribution is 6.17. The van der Waals surface area contributed by atoms with Crippen molar-refractivity contribution in [2.45, 2.75) is 5.88 Å². The molecule has 94 valence electrons. The minimum absolute atomic E-state index is 0.426. The summed E-state index contributed by atoms with van der Waals surface area (Å²) < 4.78 is 0. The van der Waals surface area contributed by atoms with Crippen LogP contribution in [-0.4, -0.2) is 25.2 Å². The van der Waals surface area contributed by atoms with Gasteiger partial charge in [0.1, 0.15) is 0 Å². The number of rotatable bonds is 3. The van der Waals surface area contributed by atoms with E-state index in [9.17, 15) is 0 Å². The van der Waals surface area contributed by atoms with Crippen molar-refractivity contribution in [1.29, 1.82) is 0 Å². The van der Waals surface area contributed by atoms with Gasteiger partial charge >= 0.3 is 0 Å².